The second kappa shape index (κ2) is 8.39. The molecule has 2 aromatic carbocycles. The molecule has 4 rings (SSSR count). The molecule has 7 nitrogen and oxygen atoms in total. The molecule has 1 saturated heterocycles. The second-order valence-electron chi connectivity index (χ2n) is 7.67. The lowest BCUT2D eigenvalue weighted by atomic mass is 9.91. The van der Waals surface area contributed by atoms with Crippen LogP contribution in [0, 0.1) is 6.92 Å². The maximum atomic E-state index is 10.2. The van der Waals surface area contributed by atoms with E-state index in [0.717, 1.165) is 30.6 Å². The number of benzene rings is 2. The minimum atomic E-state index is -1.46. The van der Waals surface area contributed by atoms with E-state index in [1.54, 1.807) is 0 Å². The minimum Gasteiger partial charge on any atom is -0.462 e. The summed E-state index contributed by atoms with van der Waals surface area (Å²) in [5, 5.41) is 42.8. The quantitative estimate of drug-likeness (QED) is 0.507. The molecule has 0 spiro atoms. The van der Waals surface area contributed by atoms with Gasteiger partial charge in [0.1, 0.15) is 30.2 Å². The van der Waals surface area contributed by atoms with Gasteiger partial charge in [-0.2, -0.15) is 0 Å². The van der Waals surface area contributed by atoms with Crippen molar-refractivity contribution in [2.75, 3.05) is 13.2 Å². The Hall–Kier alpha value is -2.00. The van der Waals surface area contributed by atoms with E-state index in [-0.39, 0.29) is 0 Å². The summed E-state index contributed by atoms with van der Waals surface area (Å²) in [5.41, 5.74) is 5.81. The van der Waals surface area contributed by atoms with Gasteiger partial charge in [0.15, 0.2) is 0 Å². The standard InChI is InChI=1S/C22H27NO6/c1-12-9-13(15-4-2-3-14-10-23-8-7-16(14)15)5-6-17(12)28-22-21(27)20(26)19(25)18(11-24)29-22/h2-6,9,18-27H,7-8,10-11H2,1H3. The largest absolute Gasteiger partial charge is 0.462 e. The molecule has 7 heteroatoms. The lowest BCUT2D eigenvalue weighted by molar-refractivity contribution is -0.277. The highest BCUT2D eigenvalue weighted by atomic mass is 16.7. The minimum absolute atomic E-state index is 0.489. The van der Waals surface area contributed by atoms with Gasteiger partial charge in [0.2, 0.25) is 6.29 Å². The number of aryl methyl sites for hydroxylation is 1. The Labute approximate surface area is 169 Å². The smallest absolute Gasteiger partial charge is 0.229 e. The van der Waals surface area contributed by atoms with E-state index in [2.05, 4.69) is 23.5 Å². The van der Waals surface area contributed by atoms with Crippen molar-refractivity contribution in [3.05, 3.63) is 53.1 Å². The molecular formula is C22H27NO6. The number of rotatable bonds is 4. The topological polar surface area (TPSA) is 111 Å². The van der Waals surface area contributed by atoms with E-state index in [1.165, 1.54) is 16.7 Å². The number of ether oxygens (including phenoxy) is 2. The first-order valence-corrected chi connectivity index (χ1v) is 9.89. The number of aliphatic hydroxyl groups is 4. The molecule has 0 saturated carbocycles. The average Bonchev–Trinajstić information content (AvgIpc) is 2.75. The molecule has 0 aromatic heterocycles. The van der Waals surface area contributed by atoms with Gasteiger partial charge in [-0.3, -0.25) is 0 Å². The van der Waals surface area contributed by atoms with Crippen molar-refractivity contribution in [1.82, 2.24) is 5.32 Å². The Kier molecular flexibility index (Phi) is 5.87. The van der Waals surface area contributed by atoms with Crippen LogP contribution < -0.4 is 10.1 Å². The number of hydrogen-bond donors (Lipinski definition) is 5. The van der Waals surface area contributed by atoms with E-state index in [9.17, 15) is 20.4 Å². The fourth-order valence-corrected chi connectivity index (χ4v) is 4.04. The highest BCUT2D eigenvalue weighted by molar-refractivity contribution is 5.70. The Balaban J connectivity index is 1.57. The molecule has 0 aliphatic carbocycles. The van der Waals surface area contributed by atoms with Crippen LogP contribution in [0.5, 0.6) is 5.75 Å². The zero-order valence-corrected chi connectivity index (χ0v) is 16.3. The molecular weight excluding hydrogens is 374 g/mol. The summed E-state index contributed by atoms with van der Waals surface area (Å²) in [6.45, 7) is 3.25. The average molecular weight is 401 g/mol. The molecule has 5 N–H and O–H groups in total. The molecule has 0 bridgehead atoms. The fourth-order valence-electron chi connectivity index (χ4n) is 4.04. The molecule has 29 heavy (non-hydrogen) atoms. The first-order chi connectivity index (χ1) is 14.0. The summed E-state index contributed by atoms with van der Waals surface area (Å²) in [6.07, 6.45) is -5.51. The van der Waals surface area contributed by atoms with Gasteiger partial charge < -0.3 is 35.2 Å². The zero-order chi connectivity index (χ0) is 20.5. The van der Waals surface area contributed by atoms with Crippen molar-refractivity contribution in [3.63, 3.8) is 0 Å². The van der Waals surface area contributed by atoms with Gasteiger partial charge in [-0.05, 0) is 59.8 Å². The molecule has 2 aliphatic heterocycles. The third-order valence-electron chi connectivity index (χ3n) is 5.72. The van der Waals surface area contributed by atoms with Crippen LogP contribution in [0.25, 0.3) is 11.1 Å². The molecule has 156 valence electrons. The van der Waals surface area contributed by atoms with Crippen molar-refractivity contribution in [3.8, 4) is 16.9 Å². The highest BCUT2D eigenvalue weighted by Crippen LogP contribution is 2.33. The van der Waals surface area contributed by atoms with Gasteiger partial charge in [-0.25, -0.2) is 0 Å². The normalized spacial score (nSPS) is 29.3. The summed E-state index contributed by atoms with van der Waals surface area (Å²) >= 11 is 0. The van der Waals surface area contributed by atoms with E-state index < -0.39 is 37.3 Å². The Morgan fingerprint density at radius 2 is 1.93 bits per heavy atom. The van der Waals surface area contributed by atoms with Gasteiger partial charge in [0.25, 0.3) is 0 Å². The monoisotopic (exact) mass is 401 g/mol. The summed E-state index contributed by atoms with van der Waals surface area (Å²) in [4.78, 5) is 0. The van der Waals surface area contributed by atoms with E-state index in [0.29, 0.717) is 5.75 Å². The Morgan fingerprint density at radius 1 is 1.10 bits per heavy atom. The molecule has 1 fully saturated rings. The van der Waals surface area contributed by atoms with Crippen LogP contribution in [0.2, 0.25) is 0 Å². The molecule has 5 unspecified atom stereocenters. The predicted molar refractivity (Wildman–Crippen MR) is 106 cm³/mol. The van der Waals surface area contributed by atoms with Gasteiger partial charge >= 0.3 is 0 Å². The first-order valence-electron chi connectivity index (χ1n) is 9.89. The number of nitrogens with one attached hydrogen (secondary N) is 1. The van der Waals surface area contributed by atoms with Crippen LogP contribution in [-0.2, 0) is 17.7 Å². The third-order valence-corrected chi connectivity index (χ3v) is 5.72. The van der Waals surface area contributed by atoms with E-state index in [4.69, 9.17) is 9.47 Å². The number of aliphatic hydroxyl groups excluding tert-OH is 4. The highest BCUT2D eigenvalue weighted by Gasteiger charge is 2.44. The maximum absolute atomic E-state index is 10.2. The summed E-state index contributed by atoms with van der Waals surface area (Å²) in [6, 6.07) is 12.1. The van der Waals surface area contributed by atoms with Crippen molar-refractivity contribution < 1.29 is 29.9 Å². The van der Waals surface area contributed by atoms with Crippen LogP contribution in [0.4, 0.5) is 0 Å². The fraction of sp³-hybridized carbons (Fsp3) is 0.455. The molecule has 2 heterocycles. The number of fused-ring (bicyclic) bond motifs is 1. The van der Waals surface area contributed by atoms with Crippen LogP contribution >= 0.6 is 0 Å². The van der Waals surface area contributed by atoms with Crippen LogP contribution in [0.1, 0.15) is 16.7 Å². The molecule has 5 atom stereocenters. The van der Waals surface area contributed by atoms with Gasteiger partial charge in [0, 0.05) is 6.54 Å². The van der Waals surface area contributed by atoms with Crippen molar-refractivity contribution in [2.45, 2.75) is 50.6 Å². The zero-order valence-electron chi connectivity index (χ0n) is 16.3. The first kappa shape index (κ1) is 20.3. The predicted octanol–water partition coefficient (Wildman–Crippen LogP) is 0.486. The van der Waals surface area contributed by atoms with Crippen molar-refractivity contribution in [1.29, 1.82) is 0 Å². The second-order valence-corrected chi connectivity index (χ2v) is 7.67. The van der Waals surface area contributed by atoms with Crippen LogP contribution in [-0.4, -0.2) is 64.3 Å². The Morgan fingerprint density at radius 3 is 2.69 bits per heavy atom. The van der Waals surface area contributed by atoms with Gasteiger partial charge in [-0.1, -0.05) is 24.3 Å². The van der Waals surface area contributed by atoms with Crippen LogP contribution in [0.3, 0.4) is 0 Å². The lowest BCUT2D eigenvalue weighted by Gasteiger charge is -2.39. The molecule has 0 amide bonds. The van der Waals surface area contributed by atoms with Gasteiger partial charge in [-0.15, -0.1) is 0 Å². The van der Waals surface area contributed by atoms with E-state index >= 15 is 0 Å². The lowest BCUT2D eigenvalue weighted by Crippen LogP contribution is -2.60. The molecule has 0 radical (unpaired) electrons. The number of hydrogen-bond acceptors (Lipinski definition) is 7. The van der Waals surface area contributed by atoms with Crippen LogP contribution in [0.15, 0.2) is 36.4 Å². The summed E-state index contributed by atoms with van der Waals surface area (Å²) in [5.74, 6) is 0.504. The van der Waals surface area contributed by atoms with Gasteiger partial charge in [0.05, 0.1) is 6.61 Å². The Bertz CT molecular complexity index is 870. The van der Waals surface area contributed by atoms with E-state index in [1.807, 2.05) is 25.1 Å². The van der Waals surface area contributed by atoms with Crippen molar-refractivity contribution >= 4 is 0 Å². The van der Waals surface area contributed by atoms with Crippen molar-refractivity contribution in [2.24, 2.45) is 0 Å². The molecule has 2 aliphatic rings. The summed E-state index contributed by atoms with van der Waals surface area (Å²) in [7, 11) is 0. The maximum Gasteiger partial charge on any atom is 0.229 e. The summed E-state index contributed by atoms with van der Waals surface area (Å²) < 4.78 is 11.2. The SMILES string of the molecule is Cc1cc(-c2cccc3c2CCNC3)ccc1OC1OC(CO)C(O)C(O)C1O. The molecule has 2 aromatic rings. The third kappa shape index (κ3) is 3.90.